The second kappa shape index (κ2) is 5.49. The Labute approximate surface area is 121 Å². The molecule has 0 amide bonds. The molecule has 1 N–H and O–H groups in total. The third-order valence-corrected chi connectivity index (χ3v) is 3.73. The quantitative estimate of drug-likeness (QED) is 0.902. The van der Waals surface area contributed by atoms with Gasteiger partial charge in [0.1, 0.15) is 5.76 Å². The third-order valence-electron chi connectivity index (χ3n) is 3.73. The van der Waals surface area contributed by atoms with E-state index < -0.39 is 0 Å². The highest BCUT2D eigenvalue weighted by molar-refractivity contribution is 5.84. The Kier molecular flexibility index (Phi) is 4.09. The van der Waals surface area contributed by atoms with Crippen molar-refractivity contribution in [3.8, 4) is 5.75 Å². The Morgan fingerprint density at radius 2 is 1.95 bits per heavy atom. The molecule has 1 atom stereocenters. The van der Waals surface area contributed by atoms with E-state index in [0.29, 0.717) is 0 Å². The number of nitrogens with one attached hydrogen (secondary N) is 1. The fraction of sp³-hybridized carbons (Fsp3) is 0.529. The molecule has 3 heteroatoms. The molecule has 20 heavy (non-hydrogen) atoms. The molecule has 0 aliphatic carbocycles. The molecule has 1 heterocycles. The summed E-state index contributed by atoms with van der Waals surface area (Å²) in [5.74, 6) is 1.77. The molecular formula is C17H25NO2. The van der Waals surface area contributed by atoms with Crippen molar-refractivity contribution in [2.45, 2.75) is 40.2 Å². The first-order chi connectivity index (χ1) is 9.40. The van der Waals surface area contributed by atoms with E-state index in [2.05, 4.69) is 51.2 Å². The van der Waals surface area contributed by atoms with Gasteiger partial charge < -0.3 is 14.5 Å². The Morgan fingerprint density at radius 3 is 2.45 bits per heavy atom. The molecule has 0 spiro atoms. The molecule has 2 aromatic rings. The number of rotatable bonds is 4. The summed E-state index contributed by atoms with van der Waals surface area (Å²) in [4.78, 5) is 0. The highest BCUT2D eigenvalue weighted by atomic mass is 16.5. The number of hydrogen-bond donors (Lipinski definition) is 1. The molecule has 0 aliphatic heterocycles. The number of aryl methyl sites for hydroxylation is 1. The number of ether oxygens (including phenoxy) is 1. The van der Waals surface area contributed by atoms with Crippen LogP contribution in [0.15, 0.2) is 22.6 Å². The van der Waals surface area contributed by atoms with Gasteiger partial charge in [0.2, 0.25) is 0 Å². The van der Waals surface area contributed by atoms with Crippen LogP contribution in [0.4, 0.5) is 0 Å². The van der Waals surface area contributed by atoms with Crippen LogP contribution in [0.5, 0.6) is 5.75 Å². The van der Waals surface area contributed by atoms with Crippen molar-refractivity contribution in [2.24, 2.45) is 5.41 Å². The maximum absolute atomic E-state index is 6.08. The summed E-state index contributed by atoms with van der Waals surface area (Å²) in [5.41, 5.74) is 2.19. The summed E-state index contributed by atoms with van der Waals surface area (Å²) in [5, 5.41) is 4.46. The SMILES string of the molecule is CCc1cc(OC)c2oc(C(NC)C(C)(C)C)cc2c1. The average Bonchev–Trinajstić information content (AvgIpc) is 2.79. The van der Waals surface area contributed by atoms with Crippen LogP contribution in [0, 0.1) is 5.41 Å². The van der Waals surface area contributed by atoms with Gasteiger partial charge in [-0.25, -0.2) is 0 Å². The number of methoxy groups -OCH3 is 1. The lowest BCUT2D eigenvalue weighted by molar-refractivity contribution is 0.253. The number of fused-ring (bicyclic) bond motifs is 1. The second-order valence-corrected chi connectivity index (χ2v) is 6.31. The molecule has 2 rings (SSSR count). The molecule has 1 aromatic heterocycles. The van der Waals surface area contributed by atoms with Gasteiger partial charge in [-0.1, -0.05) is 27.7 Å². The van der Waals surface area contributed by atoms with E-state index >= 15 is 0 Å². The van der Waals surface area contributed by atoms with E-state index in [1.165, 1.54) is 5.56 Å². The van der Waals surface area contributed by atoms with Crippen molar-refractivity contribution in [2.75, 3.05) is 14.2 Å². The first kappa shape index (κ1) is 14.9. The summed E-state index contributed by atoms with van der Waals surface area (Å²) >= 11 is 0. The second-order valence-electron chi connectivity index (χ2n) is 6.31. The van der Waals surface area contributed by atoms with Gasteiger partial charge in [-0.3, -0.25) is 0 Å². The third kappa shape index (κ3) is 2.68. The molecule has 0 aliphatic rings. The first-order valence-corrected chi connectivity index (χ1v) is 7.18. The topological polar surface area (TPSA) is 34.4 Å². The minimum Gasteiger partial charge on any atom is -0.493 e. The van der Waals surface area contributed by atoms with Gasteiger partial charge in [0, 0.05) is 5.39 Å². The zero-order valence-corrected chi connectivity index (χ0v) is 13.3. The molecule has 1 aromatic carbocycles. The van der Waals surface area contributed by atoms with Crippen LogP contribution in [0.2, 0.25) is 0 Å². The van der Waals surface area contributed by atoms with Gasteiger partial charge in [0.05, 0.1) is 13.2 Å². The van der Waals surface area contributed by atoms with Gasteiger partial charge in [-0.05, 0) is 42.6 Å². The molecule has 0 saturated heterocycles. The Hall–Kier alpha value is -1.48. The van der Waals surface area contributed by atoms with Crippen molar-refractivity contribution < 1.29 is 9.15 Å². The van der Waals surface area contributed by atoms with Gasteiger partial charge in [0.25, 0.3) is 0 Å². The smallest absolute Gasteiger partial charge is 0.176 e. The highest BCUT2D eigenvalue weighted by Crippen LogP contribution is 2.38. The summed E-state index contributed by atoms with van der Waals surface area (Å²) in [7, 11) is 3.66. The molecular weight excluding hydrogens is 250 g/mol. The largest absolute Gasteiger partial charge is 0.493 e. The summed E-state index contributed by atoms with van der Waals surface area (Å²) in [6.45, 7) is 8.76. The minimum absolute atomic E-state index is 0.0868. The van der Waals surface area contributed by atoms with E-state index in [1.807, 2.05) is 7.05 Å². The average molecular weight is 275 g/mol. The zero-order valence-electron chi connectivity index (χ0n) is 13.3. The van der Waals surface area contributed by atoms with Gasteiger partial charge in [0.15, 0.2) is 11.3 Å². The Balaban J connectivity index is 2.58. The minimum atomic E-state index is 0.0868. The van der Waals surface area contributed by atoms with Crippen LogP contribution in [-0.4, -0.2) is 14.2 Å². The van der Waals surface area contributed by atoms with Crippen LogP contribution in [0.25, 0.3) is 11.0 Å². The van der Waals surface area contributed by atoms with E-state index in [4.69, 9.17) is 9.15 Å². The maximum Gasteiger partial charge on any atom is 0.176 e. The molecule has 0 saturated carbocycles. The summed E-state index contributed by atoms with van der Waals surface area (Å²) < 4.78 is 11.5. The van der Waals surface area contributed by atoms with Crippen molar-refractivity contribution in [3.63, 3.8) is 0 Å². The van der Waals surface area contributed by atoms with Crippen molar-refractivity contribution in [1.82, 2.24) is 5.32 Å². The van der Waals surface area contributed by atoms with Crippen molar-refractivity contribution in [3.05, 3.63) is 29.5 Å². The Bertz CT molecular complexity index is 593. The molecule has 0 fully saturated rings. The number of benzene rings is 1. The standard InChI is InChI=1S/C17H25NO2/c1-7-11-8-12-10-14(16(18-5)17(2,3)4)20-15(12)13(9-11)19-6/h8-10,16,18H,7H2,1-6H3. The Morgan fingerprint density at radius 1 is 1.25 bits per heavy atom. The fourth-order valence-electron chi connectivity index (χ4n) is 2.70. The molecule has 0 bridgehead atoms. The van der Waals surface area contributed by atoms with Crippen LogP contribution in [-0.2, 0) is 6.42 Å². The monoisotopic (exact) mass is 275 g/mol. The van der Waals surface area contributed by atoms with Crippen LogP contribution >= 0.6 is 0 Å². The van der Waals surface area contributed by atoms with Gasteiger partial charge in [-0.2, -0.15) is 0 Å². The fourth-order valence-corrected chi connectivity index (χ4v) is 2.70. The normalized spacial score (nSPS) is 13.7. The predicted octanol–water partition coefficient (Wildman–Crippen LogP) is 4.31. The van der Waals surface area contributed by atoms with E-state index in [-0.39, 0.29) is 11.5 Å². The molecule has 0 radical (unpaired) electrons. The first-order valence-electron chi connectivity index (χ1n) is 7.18. The zero-order chi connectivity index (χ0) is 14.9. The lowest BCUT2D eigenvalue weighted by atomic mass is 9.85. The molecule has 1 unspecified atom stereocenters. The summed E-state index contributed by atoms with van der Waals surface area (Å²) in [6, 6.07) is 6.54. The molecule has 110 valence electrons. The van der Waals surface area contributed by atoms with E-state index in [0.717, 1.165) is 28.9 Å². The van der Waals surface area contributed by atoms with E-state index in [9.17, 15) is 0 Å². The van der Waals surface area contributed by atoms with Crippen LogP contribution < -0.4 is 10.1 Å². The van der Waals surface area contributed by atoms with Crippen molar-refractivity contribution in [1.29, 1.82) is 0 Å². The van der Waals surface area contributed by atoms with Crippen LogP contribution in [0.3, 0.4) is 0 Å². The molecule has 3 nitrogen and oxygen atoms in total. The van der Waals surface area contributed by atoms with Crippen LogP contribution in [0.1, 0.15) is 45.1 Å². The van der Waals surface area contributed by atoms with Crippen molar-refractivity contribution >= 4 is 11.0 Å². The van der Waals surface area contributed by atoms with Gasteiger partial charge in [-0.15, -0.1) is 0 Å². The number of hydrogen-bond acceptors (Lipinski definition) is 3. The predicted molar refractivity (Wildman–Crippen MR) is 83.4 cm³/mol. The lowest BCUT2D eigenvalue weighted by Crippen LogP contribution is -2.29. The number of furan rings is 1. The lowest BCUT2D eigenvalue weighted by Gasteiger charge is -2.28. The highest BCUT2D eigenvalue weighted by Gasteiger charge is 2.28. The van der Waals surface area contributed by atoms with E-state index in [1.54, 1.807) is 7.11 Å². The summed E-state index contributed by atoms with van der Waals surface area (Å²) in [6.07, 6.45) is 0.988. The maximum atomic E-state index is 6.08. The van der Waals surface area contributed by atoms with Gasteiger partial charge >= 0.3 is 0 Å².